The lowest BCUT2D eigenvalue weighted by molar-refractivity contribution is -0.137. The number of ether oxygens (including phenoxy) is 1. The number of fused-ring (bicyclic) bond motifs is 2. The molecule has 0 spiro atoms. The van der Waals surface area contributed by atoms with Crippen molar-refractivity contribution in [2.24, 2.45) is 7.05 Å². The van der Waals surface area contributed by atoms with Gasteiger partial charge in [0, 0.05) is 43.9 Å². The molecule has 5 aromatic rings. The van der Waals surface area contributed by atoms with Gasteiger partial charge in [0.05, 0.1) is 30.3 Å². The van der Waals surface area contributed by atoms with Crippen LogP contribution in [-0.2, 0) is 13.2 Å². The molecule has 1 aliphatic rings. The van der Waals surface area contributed by atoms with Gasteiger partial charge in [-0.15, -0.1) is 0 Å². The molecular formula is C24H20ClF3N8O2. The lowest BCUT2D eigenvalue weighted by Gasteiger charge is -2.21. The molecule has 1 saturated heterocycles. The first-order valence-corrected chi connectivity index (χ1v) is 11.9. The summed E-state index contributed by atoms with van der Waals surface area (Å²) in [5.41, 5.74) is 1.06. The van der Waals surface area contributed by atoms with Crippen LogP contribution in [0.2, 0.25) is 5.02 Å². The lowest BCUT2D eigenvalue weighted by Crippen LogP contribution is -2.22. The summed E-state index contributed by atoms with van der Waals surface area (Å²) < 4.78 is 50.2. The maximum absolute atomic E-state index is 13.7. The fourth-order valence-electron chi connectivity index (χ4n) is 4.44. The van der Waals surface area contributed by atoms with E-state index in [-0.39, 0.29) is 34.6 Å². The summed E-state index contributed by atoms with van der Waals surface area (Å²) in [6, 6.07) is 3.68. The molecule has 196 valence electrons. The third-order valence-corrected chi connectivity index (χ3v) is 6.71. The Morgan fingerprint density at radius 1 is 1.16 bits per heavy atom. The Labute approximate surface area is 218 Å². The van der Waals surface area contributed by atoms with Gasteiger partial charge in [0.2, 0.25) is 5.95 Å². The summed E-state index contributed by atoms with van der Waals surface area (Å²) in [5.74, 6) is 0.907. The average molecular weight is 545 g/mol. The summed E-state index contributed by atoms with van der Waals surface area (Å²) in [6.45, 7) is 0.720. The summed E-state index contributed by atoms with van der Waals surface area (Å²) in [4.78, 5) is 14.6. The molecule has 0 aliphatic carbocycles. The Hall–Kier alpha value is -4.10. The van der Waals surface area contributed by atoms with Gasteiger partial charge in [-0.1, -0.05) is 11.6 Å². The number of pyridine rings is 1. The SMILES string of the molecule is Cn1c(Nc2cc(N3CCC(O)C3)cc(C(F)(F)F)c2)nc2ncc(Oc3cnn4ccncc34)c(Cl)c21. The predicted molar refractivity (Wildman–Crippen MR) is 134 cm³/mol. The number of halogens is 4. The van der Waals surface area contributed by atoms with Gasteiger partial charge in [0.1, 0.15) is 16.1 Å². The summed E-state index contributed by atoms with van der Waals surface area (Å²) in [6.07, 6.45) is 3.17. The van der Waals surface area contributed by atoms with Crippen molar-refractivity contribution in [2.45, 2.75) is 18.7 Å². The van der Waals surface area contributed by atoms with E-state index in [2.05, 4.69) is 25.4 Å². The van der Waals surface area contributed by atoms with Crippen molar-refractivity contribution in [3.63, 3.8) is 0 Å². The Balaban J connectivity index is 1.35. The second-order valence-corrected chi connectivity index (χ2v) is 9.28. The Bertz CT molecular complexity index is 1670. The first-order chi connectivity index (χ1) is 18.2. The molecule has 2 N–H and O–H groups in total. The molecule has 0 bridgehead atoms. The van der Waals surface area contributed by atoms with Gasteiger partial charge < -0.3 is 24.6 Å². The van der Waals surface area contributed by atoms with Gasteiger partial charge in [-0.25, -0.2) is 9.50 Å². The summed E-state index contributed by atoms with van der Waals surface area (Å²) >= 11 is 6.67. The third-order valence-electron chi connectivity index (χ3n) is 6.34. The lowest BCUT2D eigenvalue weighted by atomic mass is 10.1. The molecule has 5 heterocycles. The minimum absolute atomic E-state index is 0.182. The van der Waals surface area contributed by atoms with Crippen molar-refractivity contribution in [1.82, 2.24) is 29.1 Å². The number of aromatic nitrogens is 6. The second kappa shape index (κ2) is 9.03. The molecule has 14 heteroatoms. The normalized spacial score (nSPS) is 16.1. The number of aliphatic hydroxyl groups excluding tert-OH is 1. The first kappa shape index (κ1) is 24.2. The zero-order chi connectivity index (χ0) is 26.6. The van der Waals surface area contributed by atoms with Crippen molar-refractivity contribution >= 4 is 45.6 Å². The van der Waals surface area contributed by atoms with E-state index < -0.39 is 17.8 Å². The number of benzene rings is 1. The zero-order valence-electron chi connectivity index (χ0n) is 19.8. The summed E-state index contributed by atoms with van der Waals surface area (Å²) in [7, 11) is 1.67. The first-order valence-electron chi connectivity index (χ1n) is 11.6. The number of hydrogen-bond acceptors (Lipinski definition) is 8. The van der Waals surface area contributed by atoms with E-state index in [0.29, 0.717) is 35.4 Å². The Morgan fingerprint density at radius 2 is 2.00 bits per heavy atom. The highest BCUT2D eigenvalue weighted by Crippen LogP contribution is 2.38. The van der Waals surface area contributed by atoms with Crippen LogP contribution in [-0.4, -0.2) is 53.4 Å². The smallest absolute Gasteiger partial charge is 0.416 e. The second-order valence-electron chi connectivity index (χ2n) is 8.90. The topological polar surface area (TPSA) is 106 Å². The molecule has 1 aliphatic heterocycles. The number of aryl methyl sites for hydroxylation is 1. The van der Waals surface area contributed by atoms with E-state index in [0.717, 1.165) is 12.1 Å². The molecule has 0 radical (unpaired) electrons. The van der Waals surface area contributed by atoms with Crippen LogP contribution in [0.15, 0.2) is 49.2 Å². The molecular weight excluding hydrogens is 525 g/mol. The van der Waals surface area contributed by atoms with Crippen LogP contribution in [0.5, 0.6) is 11.5 Å². The molecule has 0 amide bonds. The van der Waals surface area contributed by atoms with Gasteiger partial charge in [-0.2, -0.15) is 23.3 Å². The molecule has 10 nitrogen and oxygen atoms in total. The van der Waals surface area contributed by atoms with Crippen LogP contribution in [0.3, 0.4) is 0 Å². The van der Waals surface area contributed by atoms with Crippen LogP contribution < -0.4 is 15.0 Å². The van der Waals surface area contributed by atoms with Crippen molar-refractivity contribution in [3.8, 4) is 11.5 Å². The van der Waals surface area contributed by atoms with Gasteiger partial charge in [0.15, 0.2) is 17.1 Å². The van der Waals surface area contributed by atoms with E-state index in [4.69, 9.17) is 16.3 Å². The van der Waals surface area contributed by atoms with E-state index in [1.165, 1.54) is 12.4 Å². The third kappa shape index (κ3) is 4.33. The van der Waals surface area contributed by atoms with Crippen molar-refractivity contribution in [1.29, 1.82) is 0 Å². The van der Waals surface area contributed by atoms with Crippen LogP contribution in [0.1, 0.15) is 12.0 Å². The zero-order valence-corrected chi connectivity index (χ0v) is 20.6. The Morgan fingerprint density at radius 3 is 2.76 bits per heavy atom. The van der Waals surface area contributed by atoms with E-state index in [1.54, 1.807) is 45.7 Å². The quantitative estimate of drug-likeness (QED) is 0.325. The molecule has 1 aromatic carbocycles. The molecule has 0 saturated carbocycles. The molecule has 1 unspecified atom stereocenters. The number of alkyl halides is 3. The number of β-amino-alcohol motifs (C(OH)–C–C–N with tert-alkyl or cyclic N) is 1. The standard InChI is InChI=1S/C24H20ClF3N8O2/c1-34-21-20(25)19(38-18-11-31-36-5-3-29-9-17(18)36)10-30-22(21)33-23(34)32-14-6-13(24(26,27)28)7-15(8-14)35-4-2-16(37)12-35/h3,5-11,16,37H,2,4,12H2,1H3,(H,30,32,33). The highest BCUT2D eigenvalue weighted by atomic mass is 35.5. The minimum Gasteiger partial charge on any atom is -0.450 e. The molecule has 1 atom stereocenters. The number of anilines is 3. The number of imidazole rings is 1. The Kier molecular flexibility index (Phi) is 5.76. The maximum Gasteiger partial charge on any atom is 0.416 e. The maximum atomic E-state index is 13.7. The van der Waals surface area contributed by atoms with Crippen LogP contribution >= 0.6 is 11.6 Å². The van der Waals surface area contributed by atoms with Crippen LogP contribution in [0, 0.1) is 0 Å². The monoisotopic (exact) mass is 544 g/mol. The van der Waals surface area contributed by atoms with Crippen molar-refractivity contribution in [3.05, 3.63) is 59.8 Å². The van der Waals surface area contributed by atoms with Crippen LogP contribution in [0.25, 0.3) is 16.7 Å². The molecule has 4 aromatic heterocycles. The van der Waals surface area contributed by atoms with Crippen LogP contribution in [0.4, 0.5) is 30.5 Å². The average Bonchev–Trinajstić information content (AvgIpc) is 3.58. The van der Waals surface area contributed by atoms with Crippen molar-refractivity contribution in [2.75, 3.05) is 23.3 Å². The number of hydrogen-bond donors (Lipinski definition) is 2. The van der Waals surface area contributed by atoms with Gasteiger partial charge in [-0.3, -0.25) is 4.98 Å². The largest absolute Gasteiger partial charge is 0.450 e. The summed E-state index contributed by atoms with van der Waals surface area (Å²) in [5, 5.41) is 17.3. The number of nitrogens with zero attached hydrogens (tertiary/aromatic N) is 7. The van der Waals surface area contributed by atoms with Gasteiger partial charge in [-0.05, 0) is 24.6 Å². The fourth-order valence-corrected chi connectivity index (χ4v) is 4.74. The fraction of sp³-hybridized carbons (Fsp3) is 0.250. The minimum atomic E-state index is -4.55. The molecule has 6 rings (SSSR count). The van der Waals surface area contributed by atoms with Crippen molar-refractivity contribution < 1.29 is 23.0 Å². The number of aliphatic hydroxyl groups is 1. The van der Waals surface area contributed by atoms with Gasteiger partial charge in [0.25, 0.3) is 0 Å². The number of nitrogens with one attached hydrogen (secondary N) is 1. The van der Waals surface area contributed by atoms with E-state index >= 15 is 0 Å². The van der Waals surface area contributed by atoms with E-state index in [9.17, 15) is 18.3 Å². The molecule has 1 fully saturated rings. The van der Waals surface area contributed by atoms with Gasteiger partial charge >= 0.3 is 6.18 Å². The highest BCUT2D eigenvalue weighted by Gasteiger charge is 2.33. The highest BCUT2D eigenvalue weighted by molar-refractivity contribution is 6.36. The molecule has 38 heavy (non-hydrogen) atoms. The van der Waals surface area contributed by atoms with E-state index in [1.807, 2.05) is 0 Å². The predicted octanol–water partition coefficient (Wildman–Crippen LogP) is 4.79. The number of rotatable bonds is 5.